The van der Waals surface area contributed by atoms with Gasteiger partial charge in [-0.3, -0.25) is 0 Å². The topological polar surface area (TPSA) is 26.0 Å². The van der Waals surface area contributed by atoms with E-state index in [2.05, 4.69) is 24.3 Å². The van der Waals surface area contributed by atoms with Crippen LogP contribution < -0.4 is 5.73 Å². The van der Waals surface area contributed by atoms with Gasteiger partial charge >= 0.3 is 0 Å². The van der Waals surface area contributed by atoms with Gasteiger partial charge in [0.15, 0.2) is 0 Å². The molecule has 2 heteroatoms. The fraction of sp³-hybridized carbons (Fsp3) is 0.294. The first-order valence-corrected chi connectivity index (χ1v) is 6.68. The highest BCUT2D eigenvalue weighted by Crippen LogP contribution is 2.43. The van der Waals surface area contributed by atoms with Gasteiger partial charge in [0.1, 0.15) is 5.82 Å². The number of aryl methyl sites for hydroxylation is 2. The van der Waals surface area contributed by atoms with E-state index >= 15 is 0 Å². The summed E-state index contributed by atoms with van der Waals surface area (Å²) in [5.74, 6) is 0.180. The smallest absolute Gasteiger partial charge is 0.123 e. The molecule has 3 rings (SSSR count). The van der Waals surface area contributed by atoms with Crippen molar-refractivity contribution in [1.82, 2.24) is 0 Å². The Bertz CT molecular complexity index is 610. The van der Waals surface area contributed by atoms with Crippen molar-refractivity contribution < 1.29 is 4.39 Å². The monoisotopic (exact) mass is 255 g/mol. The molecule has 1 aliphatic rings. The Morgan fingerprint density at radius 3 is 2.42 bits per heavy atom. The zero-order valence-corrected chi connectivity index (χ0v) is 11.3. The highest BCUT2D eigenvalue weighted by Gasteiger charge is 2.32. The Balaban J connectivity index is 1.97. The second-order valence-corrected chi connectivity index (χ2v) is 5.49. The summed E-state index contributed by atoms with van der Waals surface area (Å²) in [4.78, 5) is 0. The molecule has 2 unspecified atom stereocenters. The number of hydrogen-bond donors (Lipinski definition) is 1. The molecule has 0 saturated carbocycles. The van der Waals surface area contributed by atoms with Crippen LogP contribution in [0, 0.1) is 19.7 Å². The molecular weight excluding hydrogens is 237 g/mol. The third kappa shape index (κ3) is 1.96. The lowest BCUT2D eigenvalue weighted by molar-refractivity contribution is 0.495. The average molecular weight is 255 g/mol. The van der Waals surface area contributed by atoms with Gasteiger partial charge in [-0.25, -0.2) is 4.39 Å². The van der Waals surface area contributed by atoms with Gasteiger partial charge in [-0.1, -0.05) is 24.3 Å². The van der Waals surface area contributed by atoms with Gasteiger partial charge < -0.3 is 5.73 Å². The molecule has 0 radical (unpaired) electrons. The summed E-state index contributed by atoms with van der Waals surface area (Å²) in [6.07, 6.45) is 1.02. The molecule has 0 amide bonds. The van der Waals surface area contributed by atoms with Gasteiger partial charge in [-0.05, 0) is 60.2 Å². The van der Waals surface area contributed by atoms with Crippen molar-refractivity contribution in [3.05, 3.63) is 70.0 Å². The second kappa shape index (κ2) is 4.46. The van der Waals surface area contributed by atoms with Crippen molar-refractivity contribution >= 4 is 0 Å². The highest BCUT2D eigenvalue weighted by atomic mass is 19.1. The van der Waals surface area contributed by atoms with Gasteiger partial charge in [0.2, 0.25) is 0 Å². The Morgan fingerprint density at radius 2 is 1.79 bits per heavy atom. The molecule has 0 spiro atoms. The zero-order chi connectivity index (χ0) is 13.6. The summed E-state index contributed by atoms with van der Waals surface area (Å²) in [6.45, 7) is 3.88. The molecular formula is C17H18FN. The molecule has 0 aliphatic heterocycles. The molecule has 2 N–H and O–H groups in total. The SMILES string of the molecule is Cc1cc(F)cc(C)c1C(N)C1Cc2ccccc21. The normalized spacial score (nSPS) is 18.6. The average Bonchev–Trinajstić information content (AvgIpc) is 2.29. The highest BCUT2D eigenvalue weighted by molar-refractivity contribution is 5.46. The van der Waals surface area contributed by atoms with Gasteiger partial charge in [0.25, 0.3) is 0 Å². The first kappa shape index (κ1) is 12.4. The molecule has 1 nitrogen and oxygen atoms in total. The van der Waals surface area contributed by atoms with Crippen LogP contribution in [0.25, 0.3) is 0 Å². The van der Waals surface area contributed by atoms with Gasteiger partial charge in [0.05, 0.1) is 0 Å². The van der Waals surface area contributed by atoms with Crippen LogP contribution in [0.4, 0.5) is 4.39 Å². The minimum atomic E-state index is -0.181. The maximum absolute atomic E-state index is 13.4. The van der Waals surface area contributed by atoms with Crippen LogP contribution in [-0.2, 0) is 6.42 Å². The number of fused-ring (bicyclic) bond motifs is 1. The third-order valence-electron chi connectivity index (χ3n) is 4.22. The number of rotatable bonds is 2. The van der Waals surface area contributed by atoms with E-state index in [1.165, 1.54) is 11.1 Å². The summed E-state index contributed by atoms with van der Waals surface area (Å²) < 4.78 is 13.4. The molecule has 0 heterocycles. The van der Waals surface area contributed by atoms with Gasteiger partial charge in [-0.15, -0.1) is 0 Å². The standard InChI is InChI=1S/C17H18FN/c1-10-7-13(18)8-11(2)16(10)17(19)15-9-12-5-3-4-6-14(12)15/h3-8,15,17H,9,19H2,1-2H3. The minimum Gasteiger partial charge on any atom is -0.323 e. The van der Waals surface area contributed by atoms with Crippen LogP contribution in [0.1, 0.15) is 39.8 Å². The molecule has 98 valence electrons. The van der Waals surface area contributed by atoms with Crippen molar-refractivity contribution in [1.29, 1.82) is 0 Å². The lowest BCUT2D eigenvalue weighted by Gasteiger charge is -2.36. The predicted octanol–water partition coefficient (Wildman–Crippen LogP) is 3.78. The predicted molar refractivity (Wildman–Crippen MR) is 75.7 cm³/mol. The van der Waals surface area contributed by atoms with E-state index < -0.39 is 0 Å². The van der Waals surface area contributed by atoms with Crippen molar-refractivity contribution in [2.24, 2.45) is 5.73 Å². The molecule has 2 aromatic carbocycles. The van der Waals surface area contributed by atoms with Crippen LogP contribution in [0.3, 0.4) is 0 Å². The molecule has 0 aromatic heterocycles. The summed E-state index contributed by atoms with van der Waals surface area (Å²) >= 11 is 0. The number of hydrogen-bond acceptors (Lipinski definition) is 1. The van der Waals surface area contributed by atoms with E-state index in [1.54, 1.807) is 12.1 Å². The molecule has 1 aliphatic carbocycles. The number of halogens is 1. The first-order valence-electron chi connectivity index (χ1n) is 6.68. The third-order valence-corrected chi connectivity index (χ3v) is 4.22. The summed E-state index contributed by atoms with van der Waals surface area (Å²) in [5.41, 5.74) is 12.2. The van der Waals surface area contributed by atoms with Crippen LogP contribution in [-0.4, -0.2) is 0 Å². The van der Waals surface area contributed by atoms with E-state index in [9.17, 15) is 4.39 Å². The van der Waals surface area contributed by atoms with Crippen molar-refractivity contribution in [2.75, 3.05) is 0 Å². The van der Waals surface area contributed by atoms with Crippen LogP contribution in [0.15, 0.2) is 36.4 Å². The fourth-order valence-corrected chi connectivity index (χ4v) is 3.27. The summed E-state index contributed by atoms with van der Waals surface area (Å²) in [5, 5.41) is 0. The van der Waals surface area contributed by atoms with E-state index in [-0.39, 0.29) is 11.9 Å². The maximum Gasteiger partial charge on any atom is 0.123 e. The Morgan fingerprint density at radius 1 is 1.16 bits per heavy atom. The second-order valence-electron chi connectivity index (χ2n) is 5.49. The van der Waals surface area contributed by atoms with Crippen molar-refractivity contribution in [3.8, 4) is 0 Å². The number of benzene rings is 2. The van der Waals surface area contributed by atoms with Gasteiger partial charge in [-0.2, -0.15) is 0 Å². The first-order chi connectivity index (χ1) is 9.08. The maximum atomic E-state index is 13.4. The van der Waals surface area contributed by atoms with Crippen LogP contribution >= 0.6 is 0 Å². The summed E-state index contributed by atoms with van der Waals surface area (Å²) in [6, 6.07) is 11.5. The lowest BCUT2D eigenvalue weighted by Crippen LogP contribution is -2.30. The van der Waals surface area contributed by atoms with E-state index in [0.717, 1.165) is 23.1 Å². The van der Waals surface area contributed by atoms with E-state index in [0.29, 0.717) is 5.92 Å². The van der Waals surface area contributed by atoms with Crippen LogP contribution in [0.2, 0.25) is 0 Å². The Labute approximate surface area is 113 Å². The Hall–Kier alpha value is -1.67. The van der Waals surface area contributed by atoms with Crippen molar-refractivity contribution in [3.63, 3.8) is 0 Å². The zero-order valence-electron chi connectivity index (χ0n) is 11.3. The van der Waals surface area contributed by atoms with Gasteiger partial charge in [0, 0.05) is 12.0 Å². The Kier molecular flexibility index (Phi) is 2.90. The quantitative estimate of drug-likeness (QED) is 0.868. The largest absolute Gasteiger partial charge is 0.323 e. The molecule has 2 aromatic rings. The molecule has 19 heavy (non-hydrogen) atoms. The molecule has 0 saturated heterocycles. The minimum absolute atomic E-state index is 0.0458. The van der Waals surface area contributed by atoms with Crippen molar-refractivity contribution in [2.45, 2.75) is 32.2 Å². The number of nitrogens with two attached hydrogens (primary N) is 1. The van der Waals surface area contributed by atoms with Crippen LogP contribution in [0.5, 0.6) is 0 Å². The lowest BCUT2D eigenvalue weighted by atomic mass is 9.71. The molecule has 0 bridgehead atoms. The summed E-state index contributed by atoms with van der Waals surface area (Å²) in [7, 11) is 0. The molecule has 0 fully saturated rings. The molecule has 2 atom stereocenters. The van der Waals surface area contributed by atoms with E-state index in [4.69, 9.17) is 5.73 Å². The fourth-order valence-electron chi connectivity index (χ4n) is 3.27. The van der Waals surface area contributed by atoms with E-state index in [1.807, 2.05) is 13.8 Å².